The van der Waals surface area contributed by atoms with Crippen LogP contribution in [0.4, 0.5) is 0 Å². The van der Waals surface area contributed by atoms with Crippen LogP contribution in [0, 0.1) is 0 Å². The number of nitrogens with zero attached hydrogens (tertiary/aromatic N) is 1. The summed E-state index contributed by atoms with van der Waals surface area (Å²) in [4.78, 5) is 0. The first-order valence-corrected chi connectivity index (χ1v) is 6.78. The highest BCUT2D eigenvalue weighted by Crippen LogP contribution is 2.14. The third kappa shape index (κ3) is 4.04. The Hall–Kier alpha value is -1.60. The molecular weight excluding hydrogens is 242 g/mol. The fourth-order valence-corrected chi connectivity index (χ4v) is 2.17. The van der Waals surface area contributed by atoms with E-state index in [1.807, 2.05) is 0 Å². The minimum absolute atomic E-state index is 0.0141. The fraction of sp³-hybridized carbons (Fsp3) is 0.300. The average molecular weight is 257 g/mol. The molecule has 0 bridgehead atoms. The zero-order valence-electron chi connectivity index (χ0n) is 9.58. The average Bonchev–Trinajstić information content (AvgIpc) is 2.26. The lowest BCUT2D eigenvalue weighted by Crippen LogP contribution is -2.25. The Morgan fingerprint density at radius 1 is 1.41 bits per heavy atom. The van der Waals surface area contributed by atoms with Gasteiger partial charge in [0.25, 0.3) is 0 Å². The van der Waals surface area contributed by atoms with Crippen molar-refractivity contribution in [3.63, 3.8) is 0 Å². The Morgan fingerprint density at radius 3 is 2.35 bits per heavy atom. The van der Waals surface area contributed by atoms with Crippen molar-refractivity contribution >= 4 is 15.9 Å². The largest absolute Gasteiger partial charge is 0.409 e. The molecule has 0 saturated carbocycles. The molecule has 1 aromatic carbocycles. The molecule has 0 radical (unpaired) electrons. The maximum absolute atomic E-state index is 11.1. The number of sulfonamides is 1. The molecular formula is C10H15N3O3S. The third-order valence-corrected chi connectivity index (χ3v) is 2.99. The molecule has 0 spiro atoms. The third-order valence-electron chi connectivity index (χ3n) is 2.21. The maximum atomic E-state index is 11.1. The molecule has 1 rings (SSSR count). The van der Waals surface area contributed by atoms with Crippen LogP contribution in [0.5, 0.6) is 0 Å². The first kappa shape index (κ1) is 13.5. The molecule has 0 fully saturated rings. The van der Waals surface area contributed by atoms with Crippen LogP contribution in [0.15, 0.2) is 29.4 Å². The van der Waals surface area contributed by atoms with Gasteiger partial charge in [0.15, 0.2) is 5.84 Å². The Kier molecular flexibility index (Phi) is 4.08. The number of nitrogens with two attached hydrogens (primary N) is 1. The minimum atomic E-state index is -3.24. The van der Waals surface area contributed by atoms with E-state index >= 15 is 0 Å². The molecule has 0 aliphatic rings. The molecule has 6 nitrogen and oxygen atoms in total. The minimum Gasteiger partial charge on any atom is -0.409 e. The van der Waals surface area contributed by atoms with Crippen LogP contribution in [-0.2, 0) is 10.0 Å². The topological polar surface area (TPSA) is 105 Å². The molecule has 0 aromatic heterocycles. The fourth-order valence-electron chi connectivity index (χ4n) is 1.39. The molecule has 94 valence electrons. The molecule has 0 aliphatic heterocycles. The highest BCUT2D eigenvalue weighted by Gasteiger charge is 2.10. The molecule has 1 atom stereocenters. The van der Waals surface area contributed by atoms with E-state index in [0.717, 1.165) is 11.8 Å². The van der Waals surface area contributed by atoms with Gasteiger partial charge in [-0.1, -0.05) is 29.4 Å². The number of nitrogens with one attached hydrogen (secondary N) is 1. The van der Waals surface area contributed by atoms with Gasteiger partial charge in [-0.2, -0.15) is 0 Å². The van der Waals surface area contributed by atoms with Gasteiger partial charge in [0.1, 0.15) is 0 Å². The van der Waals surface area contributed by atoms with Crippen LogP contribution in [0.25, 0.3) is 0 Å². The Morgan fingerprint density at radius 2 is 1.94 bits per heavy atom. The normalized spacial score (nSPS) is 14.6. The van der Waals surface area contributed by atoms with Crippen molar-refractivity contribution in [1.29, 1.82) is 0 Å². The number of benzene rings is 1. The molecule has 1 aromatic rings. The van der Waals surface area contributed by atoms with E-state index < -0.39 is 10.0 Å². The molecule has 0 aliphatic carbocycles. The summed E-state index contributed by atoms with van der Waals surface area (Å²) in [7, 11) is -3.24. The summed E-state index contributed by atoms with van der Waals surface area (Å²) in [5, 5.41) is 11.4. The number of hydrogen-bond acceptors (Lipinski definition) is 4. The Balaban J connectivity index is 2.88. The number of amidine groups is 1. The van der Waals surface area contributed by atoms with E-state index in [2.05, 4.69) is 9.88 Å². The van der Waals surface area contributed by atoms with Crippen molar-refractivity contribution < 1.29 is 13.6 Å². The van der Waals surface area contributed by atoms with Crippen molar-refractivity contribution in [2.24, 2.45) is 10.9 Å². The van der Waals surface area contributed by atoms with Crippen molar-refractivity contribution in [1.82, 2.24) is 4.72 Å². The van der Waals surface area contributed by atoms with Gasteiger partial charge in [0.2, 0.25) is 10.0 Å². The summed E-state index contributed by atoms with van der Waals surface area (Å²) in [6, 6.07) is 6.42. The summed E-state index contributed by atoms with van der Waals surface area (Å²) in [5.74, 6) is 0.0141. The van der Waals surface area contributed by atoms with Gasteiger partial charge in [0.05, 0.1) is 6.26 Å². The van der Waals surface area contributed by atoms with Crippen LogP contribution >= 0.6 is 0 Å². The molecule has 4 N–H and O–H groups in total. The smallest absolute Gasteiger partial charge is 0.209 e. The van der Waals surface area contributed by atoms with Crippen LogP contribution < -0.4 is 10.5 Å². The van der Waals surface area contributed by atoms with Gasteiger partial charge in [0, 0.05) is 11.6 Å². The predicted molar refractivity (Wildman–Crippen MR) is 65.3 cm³/mol. The first-order valence-electron chi connectivity index (χ1n) is 4.88. The van der Waals surface area contributed by atoms with Crippen LogP contribution in [-0.4, -0.2) is 25.7 Å². The zero-order chi connectivity index (χ0) is 13.1. The quantitative estimate of drug-likeness (QED) is 0.314. The lowest BCUT2D eigenvalue weighted by molar-refractivity contribution is 0.318. The van der Waals surface area contributed by atoms with E-state index in [1.165, 1.54) is 0 Å². The second kappa shape index (κ2) is 5.15. The Bertz CT molecular complexity index is 508. The van der Waals surface area contributed by atoms with E-state index in [9.17, 15) is 8.42 Å². The number of oxime groups is 1. The highest BCUT2D eigenvalue weighted by atomic mass is 32.2. The molecule has 17 heavy (non-hydrogen) atoms. The predicted octanol–water partition coefficient (Wildman–Crippen LogP) is 0.391. The van der Waals surface area contributed by atoms with Crippen molar-refractivity contribution in [2.75, 3.05) is 6.26 Å². The first-order chi connectivity index (χ1) is 7.83. The monoisotopic (exact) mass is 257 g/mol. The highest BCUT2D eigenvalue weighted by molar-refractivity contribution is 7.88. The van der Waals surface area contributed by atoms with Gasteiger partial charge in [-0.3, -0.25) is 0 Å². The summed E-state index contributed by atoms with van der Waals surface area (Å²) >= 11 is 0. The number of hydrogen-bond donors (Lipinski definition) is 3. The number of rotatable bonds is 4. The van der Waals surface area contributed by atoms with Crippen LogP contribution in [0.3, 0.4) is 0 Å². The van der Waals surface area contributed by atoms with Gasteiger partial charge < -0.3 is 10.9 Å². The second-order valence-electron chi connectivity index (χ2n) is 3.72. The van der Waals surface area contributed by atoms with Crippen molar-refractivity contribution in [2.45, 2.75) is 13.0 Å². The lowest BCUT2D eigenvalue weighted by atomic mass is 10.1. The van der Waals surface area contributed by atoms with Crippen LogP contribution in [0.2, 0.25) is 0 Å². The van der Waals surface area contributed by atoms with E-state index in [1.54, 1.807) is 31.2 Å². The molecule has 0 heterocycles. The van der Waals surface area contributed by atoms with Gasteiger partial charge in [-0.25, -0.2) is 13.1 Å². The summed E-state index contributed by atoms with van der Waals surface area (Å²) in [5.41, 5.74) is 6.78. The SMILES string of the molecule is CC(NS(C)(=O)=O)c1ccc(C(N)=NO)cc1. The maximum Gasteiger partial charge on any atom is 0.209 e. The molecule has 7 heteroatoms. The van der Waals surface area contributed by atoms with Gasteiger partial charge in [-0.05, 0) is 12.5 Å². The summed E-state index contributed by atoms with van der Waals surface area (Å²) in [6.07, 6.45) is 1.11. The zero-order valence-corrected chi connectivity index (χ0v) is 10.4. The summed E-state index contributed by atoms with van der Waals surface area (Å²) < 4.78 is 24.6. The van der Waals surface area contributed by atoms with Crippen molar-refractivity contribution in [3.05, 3.63) is 35.4 Å². The standard InChI is InChI=1S/C10H15N3O3S/c1-7(13-17(2,15)16)8-3-5-9(6-4-8)10(11)12-14/h3-7,13-14H,1-2H3,(H2,11,12). The van der Waals surface area contributed by atoms with Crippen LogP contribution in [0.1, 0.15) is 24.1 Å². The lowest BCUT2D eigenvalue weighted by Gasteiger charge is -2.12. The second-order valence-corrected chi connectivity index (χ2v) is 5.50. The van der Waals surface area contributed by atoms with E-state index in [-0.39, 0.29) is 11.9 Å². The molecule has 1 unspecified atom stereocenters. The molecule has 0 amide bonds. The Labute approximate surface area is 100 Å². The van der Waals surface area contributed by atoms with E-state index in [4.69, 9.17) is 10.9 Å². The van der Waals surface area contributed by atoms with E-state index in [0.29, 0.717) is 5.56 Å². The van der Waals surface area contributed by atoms with Crippen molar-refractivity contribution in [3.8, 4) is 0 Å². The van der Waals surface area contributed by atoms with Gasteiger partial charge >= 0.3 is 0 Å². The summed E-state index contributed by atoms with van der Waals surface area (Å²) in [6.45, 7) is 1.74. The molecule has 0 saturated heterocycles. The van der Waals surface area contributed by atoms with Gasteiger partial charge in [-0.15, -0.1) is 0 Å².